The molecule has 27 heavy (non-hydrogen) atoms. The van der Waals surface area contributed by atoms with Gasteiger partial charge in [-0.1, -0.05) is 42.5 Å². The fourth-order valence-electron chi connectivity index (χ4n) is 2.80. The standard InChI is InChI=1S/C21H16N2O3S/c1-13-18(15-7-3-2-4-8-15)17(11-22)20(23-19(13)24)27-12-14-6-5-9-16(10-14)21(25)26/h2-10H,12H2,1H3,(H,23,24)(H,25,26). The number of aromatic carboxylic acids is 1. The van der Waals surface area contributed by atoms with Crippen molar-refractivity contribution < 1.29 is 9.90 Å². The molecule has 0 radical (unpaired) electrons. The van der Waals surface area contributed by atoms with E-state index in [1.807, 2.05) is 36.4 Å². The monoisotopic (exact) mass is 376 g/mol. The molecule has 0 atom stereocenters. The van der Waals surface area contributed by atoms with Gasteiger partial charge in [-0.05, 0) is 30.2 Å². The van der Waals surface area contributed by atoms with Gasteiger partial charge in [-0.3, -0.25) is 4.79 Å². The number of hydrogen-bond acceptors (Lipinski definition) is 4. The maximum Gasteiger partial charge on any atom is 0.335 e. The quantitative estimate of drug-likeness (QED) is 0.651. The molecule has 1 heterocycles. The highest BCUT2D eigenvalue weighted by atomic mass is 32.2. The molecule has 0 aliphatic carbocycles. The van der Waals surface area contributed by atoms with E-state index in [2.05, 4.69) is 11.1 Å². The highest BCUT2D eigenvalue weighted by molar-refractivity contribution is 7.98. The summed E-state index contributed by atoms with van der Waals surface area (Å²) in [6.07, 6.45) is 0. The van der Waals surface area contributed by atoms with Gasteiger partial charge >= 0.3 is 5.97 Å². The fraction of sp³-hybridized carbons (Fsp3) is 0.0952. The van der Waals surface area contributed by atoms with Gasteiger partial charge in [-0.25, -0.2) is 4.79 Å². The number of nitriles is 1. The summed E-state index contributed by atoms with van der Waals surface area (Å²) < 4.78 is 0. The van der Waals surface area contributed by atoms with E-state index >= 15 is 0 Å². The third-order valence-corrected chi connectivity index (χ3v) is 5.22. The zero-order chi connectivity index (χ0) is 19.4. The van der Waals surface area contributed by atoms with Crippen molar-refractivity contribution in [2.24, 2.45) is 0 Å². The molecule has 0 fully saturated rings. The number of thioether (sulfide) groups is 1. The van der Waals surface area contributed by atoms with Gasteiger partial charge < -0.3 is 10.1 Å². The molecule has 0 spiro atoms. The first-order valence-corrected chi connectivity index (χ1v) is 9.17. The number of benzene rings is 2. The number of aromatic amines is 1. The Labute approximate surface area is 160 Å². The first-order valence-electron chi connectivity index (χ1n) is 8.18. The zero-order valence-corrected chi connectivity index (χ0v) is 15.3. The third-order valence-electron chi connectivity index (χ3n) is 4.15. The molecule has 0 bridgehead atoms. The number of nitrogens with zero attached hydrogens (tertiary/aromatic N) is 1. The zero-order valence-electron chi connectivity index (χ0n) is 14.5. The van der Waals surface area contributed by atoms with Crippen molar-refractivity contribution >= 4 is 17.7 Å². The molecular formula is C21H16N2O3S. The first-order chi connectivity index (χ1) is 13.0. The van der Waals surface area contributed by atoms with Crippen LogP contribution in [0.5, 0.6) is 0 Å². The number of hydrogen-bond donors (Lipinski definition) is 2. The van der Waals surface area contributed by atoms with Gasteiger partial charge in [0.2, 0.25) is 0 Å². The lowest BCUT2D eigenvalue weighted by Crippen LogP contribution is -2.14. The smallest absolute Gasteiger partial charge is 0.335 e. The molecule has 5 nitrogen and oxygen atoms in total. The summed E-state index contributed by atoms with van der Waals surface area (Å²) in [7, 11) is 0. The minimum atomic E-state index is -0.991. The molecular weight excluding hydrogens is 360 g/mol. The largest absolute Gasteiger partial charge is 0.478 e. The molecule has 1 aromatic heterocycles. The molecule has 3 aromatic rings. The van der Waals surface area contributed by atoms with E-state index in [9.17, 15) is 14.9 Å². The number of carbonyl (C=O) groups is 1. The van der Waals surface area contributed by atoms with E-state index in [1.165, 1.54) is 17.8 Å². The van der Waals surface area contributed by atoms with E-state index in [4.69, 9.17) is 5.11 Å². The van der Waals surface area contributed by atoms with Crippen LogP contribution in [0.3, 0.4) is 0 Å². The summed E-state index contributed by atoms with van der Waals surface area (Å²) in [6.45, 7) is 1.70. The average molecular weight is 376 g/mol. The highest BCUT2D eigenvalue weighted by Crippen LogP contribution is 2.32. The van der Waals surface area contributed by atoms with Crippen LogP contribution in [-0.2, 0) is 5.75 Å². The molecule has 2 N–H and O–H groups in total. The van der Waals surface area contributed by atoms with Gasteiger partial charge in [0.25, 0.3) is 5.56 Å². The van der Waals surface area contributed by atoms with Crippen molar-refractivity contribution in [3.63, 3.8) is 0 Å². The van der Waals surface area contributed by atoms with E-state index in [1.54, 1.807) is 19.1 Å². The number of aromatic nitrogens is 1. The van der Waals surface area contributed by atoms with Crippen molar-refractivity contribution in [3.8, 4) is 17.2 Å². The summed E-state index contributed by atoms with van der Waals surface area (Å²) in [4.78, 5) is 26.3. The van der Waals surface area contributed by atoms with Gasteiger partial charge in [0, 0.05) is 16.9 Å². The van der Waals surface area contributed by atoms with Crippen molar-refractivity contribution in [3.05, 3.63) is 87.2 Å². The van der Waals surface area contributed by atoms with E-state index in [-0.39, 0.29) is 11.1 Å². The summed E-state index contributed by atoms with van der Waals surface area (Å²) in [6, 6.07) is 18.2. The molecule has 0 aliphatic rings. The van der Waals surface area contributed by atoms with Gasteiger partial charge in [0.1, 0.15) is 6.07 Å². The van der Waals surface area contributed by atoms with Crippen LogP contribution in [-0.4, -0.2) is 16.1 Å². The van der Waals surface area contributed by atoms with Gasteiger partial charge in [0.05, 0.1) is 16.2 Å². The van der Waals surface area contributed by atoms with Crippen LogP contribution in [0.15, 0.2) is 64.4 Å². The Bertz CT molecular complexity index is 1100. The van der Waals surface area contributed by atoms with Crippen LogP contribution in [0.4, 0.5) is 0 Å². The first kappa shape index (κ1) is 18.5. The Morgan fingerprint density at radius 1 is 1.19 bits per heavy atom. The predicted molar refractivity (Wildman–Crippen MR) is 105 cm³/mol. The Kier molecular flexibility index (Phi) is 5.43. The van der Waals surface area contributed by atoms with Crippen molar-refractivity contribution in [1.82, 2.24) is 4.98 Å². The molecule has 0 amide bonds. The van der Waals surface area contributed by atoms with Crippen molar-refractivity contribution in [2.75, 3.05) is 0 Å². The SMILES string of the molecule is Cc1c(-c2ccccc2)c(C#N)c(SCc2cccc(C(=O)O)c2)[nH]c1=O. The Morgan fingerprint density at radius 3 is 2.59 bits per heavy atom. The third kappa shape index (κ3) is 3.94. The molecule has 134 valence electrons. The van der Waals surface area contributed by atoms with Crippen LogP contribution < -0.4 is 5.56 Å². The molecule has 3 rings (SSSR count). The Hall–Kier alpha value is -3.30. The number of pyridine rings is 1. The topological polar surface area (TPSA) is 93.9 Å². The number of carboxylic acids is 1. The van der Waals surface area contributed by atoms with E-state index in [0.717, 1.165) is 11.1 Å². The van der Waals surface area contributed by atoms with Crippen LogP contribution in [0.2, 0.25) is 0 Å². The average Bonchev–Trinajstić information content (AvgIpc) is 2.69. The lowest BCUT2D eigenvalue weighted by Gasteiger charge is -2.12. The minimum absolute atomic E-state index is 0.205. The molecule has 0 saturated carbocycles. The number of H-pyrrole nitrogens is 1. The summed E-state index contributed by atoms with van der Waals surface area (Å²) in [5.74, 6) is -0.557. The van der Waals surface area contributed by atoms with Gasteiger partial charge in [0.15, 0.2) is 0 Å². The lowest BCUT2D eigenvalue weighted by atomic mass is 9.98. The molecule has 6 heteroatoms. The molecule has 0 saturated heterocycles. The van der Waals surface area contributed by atoms with E-state index < -0.39 is 5.97 Å². The maximum atomic E-state index is 12.4. The summed E-state index contributed by atoms with van der Waals surface area (Å²) in [5.41, 5.74) is 3.11. The molecule has 0 aliphatic heterocycles. The molecule has 2 aromatic carbocycles. The van der Waals surface area contributed by atoms with Crippen molar-refractivity contribution in [1.29, 1.82) is 5.26 Å². The summed E-state index contributed by atoms with van der Waals surface area (Å²) in [5, 5.41) is 19.3. The van der Waals surface area contributed by atoms with Crippen LogP contribution in [0.25, 0.3) is 11.1 Å². The van der Waals surface area contributed by atoms with Crippen LogP contribution >= 0.6 is 11.8 Å². The number of nitrogens with one attached hydrogen (secondary N) is 1. The molecule has 0 unspecified atom stereocenters. The minimum Gasteiger partial charge on any atom is -0.478 e. The van der Waals surface area contributed by atoms with E-state index in [0.29, 0.717) is 27.5 Å². The second-order valence-corrected chi connectivity index (χ2v) is 6.92. The fourth-order valence-corrected chi connectivity index (χ4v) is 3.75. The van der Waals surface area contributed by atoms with Gasteiger partial charge in [-0.2, -0.15) is 5.26 Å². The van der Waals surface area contributed by atoms with Crippen molar-refractivity contribution in [2.45, 2.75) is 17.7 Å². The maximum absolute atomic E-state index is 12.4. The normalized spacial score (nSPS) is 10.4. The Balaban J connectivity index is 2.01. The number of carboxylic acid groups (broad SMARTS) is 1. The predicted octanol–water partition coefficient (Wildman–Crippen LogP) is 4.21. The highest BCUT2D eigenvalue weighted by Gasteiger charge is 2.17. The lowest BCUT2D eigenvalue weighted by molar-refractivity contribution is 0.0697. The Morgan fingerprint density at radius 2 is 1.93 bits per heavy atom. The van der Waals surface area contributed by atoms with Gasteiger partial charge in [-0.15, -0.1) is 11.8 Å². The van der Waals surface area contributed by atoms with Crippen LogP contribution in [0.1, 0.15) is 27.0 Å². The summed E-state index contributed by atoms with van der Waals surface area (Å²) >= 11 is 1.31. The second kappa shape index (κ2) is 7.94. The number of rotatable bonds is 5. The van der Waals surface area contributed by atoms with Crippen LogP contribution in [0, 0.1) is 18.3 Å². The second-order valence-electron chi connectivity index (χ2n) is 5.93.